The van der Waals surface area contributed by atoms with E-state index < -0.39 is 0 Å². The molecule has 0 fully saturated rings. The van der Waals surface area contributed by atoms with E-state index in [0.717, 1.165) is 0 Å². The van der Waals surface area contributed by atoms with Crippen molar-refractivity contribution in [3.63, 3.8) is 0 Å². The Morgan fingerprint density at radius 1 is 1.10 bits per heavy atom. The molecule has 0 aliphatic heterocycles. The average molecular weight is 335 g/mol. The minimum absolute atomic E-state index is 0.154. The summed E-state index contributed by atoms with van der Waals surface area (Å²) in [7, 11) is 0. The van der Waals surface area contributed by atoms with Gasteiger partial charge in [0.2, 0.25) is 5.82 Å². The van der Waals surface area contributed by atoms with Crippen LogP contribution in [-0.2, 0) is 0 Å². The summed E-state index contributed by atoms with van der Waals surface area (Å²) in [6.45, 7) is 0. The third-order valence-corrected chi connectivity index (χ3v) is 3.40. The zero-order valence-corrected chi connectivity index (χ0v) is 11.6. The standard InChI is InChI=1S/C14H8BrFN2O2/c15-12-6-3-9(16)7-11(12)13-17-14(20-18-13)8-1-4-10(19)5-2-8/h1-7,19H. The molecule has 100 valence electrons. The van der Waals surface area contributed by atoms with Gasteiger partial charge in [0, 0.05) is 15.6 Å². The molecule has 4 nitrogen and oxygen atoms in total. The number of rotatable bonds is 2. The second kappa shape index (κ2) is 5.05. The lowest BCUT2D eigenvalue weighted by Crippen LogP contribution is -1.85. The summed E-state index contributed by atoms with van der Waals surface area (Å²) in [5.41, 5.74) is 1.19. The molecule has 20 heavy (non-hydrogen) atoms. The van der Waals surface area contributed by atoms with Crippen molar-refractivity contribution < 1.29 is 14.0 Å². The van der Waals surface area contributed by atoms with E-state index in [4.69, 9.17) is 4.52 Å². The highest BCUT2D eigenvalue weighted by atomic mass is 79.9. The molecule has 0 saturated carbocycles. The molecule has 1 N–H and O–H groups in total. The molecule has 0 unspecified atom stereocenters. The normalized spacial score (nSPS) is 10.7. The van der Waals surface area contributed by atoms with E-state index in [2.05, 4.69) is 26.1 Å². The highest BCUT2D eigenvalue weighted by Crippen LogP contribution is 2.29. The Morgan fingerprint density at radius 2 is 1.85 bits per heavy atom. The second-order valence-corrected chi connectivity index (χ2v) is 4.95. The highest BCUT2D eigenvalue weighted by molar-refractivity contribution is 9.10. The molecule has 2 aromatic carbocycles. The summed E-state index contributed by atoms with van der Waals surface area (Å²) in [6.07, 6.45) is 0. The summed E-state index contributed by atoms with van der Waals surface area (Å²) >= 11 is 3.32. The molecule has 0 aliphatic carbocycles. The van der Waals surface area contributed by atoms with E-state index in [1.165, 1.54) is 24.3 Å². The molecule has 1 aromatic heterocycles. The van der Waals surface area contributed by atoms with Gasteiger partial charge in [-0.3, -0.25) is 0 Å². The number of hydrogen-bond acceptors (Lipinski definition) is 4. The molecule has 0 aliphatic rings. The number of phenolic OH excluding ortho intramolecular Hbond substituents is 1. The van der Waals surface area contributed by atoms with Crippen LogP contribution < -0.4 is 0 Å². The number of halogens is 2. The topological polar surface area (TPSA) is 59.2 Å². The number of phenols is 1. The van der Waals surface area contributed by atoms with Gasteiger partial charge in [-0.15, -0.1) is 0 Å². The monoisotopic (exact) mass is 334 g/mol. The molecule has 3 aromatic rings. The minimum Gasteiger partial charge on any atom is -0.508 e. The van der Waals surface area contributed by atoms with Crippen molar-refractivity contribution >= 4 is 15.9 Å². The van der Waals surface area contributed by atoms with Crippen LogP contribution in [0.4, 0.5) is 4.39 Å². The smallest absolute Gasteiger partial charge is 0.258 e. The van der Waals surface area contributed by atoms with Crippen LogP contribution in [0.25, 0.3) is 22.8 Å². The van der Waals surface area contributed by atoms with E-state index >= 15 is 0 Å². The van der Waals surface area contributed by atoms with Crippen LogP contribution in [0, 0.1) is 5.82 Å². The van der Waals surface area contributed by atoms with E-state index in [9.17, 15) is 9.50 Å². The Morgan fingerprint density at radius 3 is 2.60 bits per heavy atom. The van der Waals surface area contributed by atoms with Crippen LogP contribution in [0.15, 0.2) is 51.5 Å². The fraction of sp³-hybridized carbons (Fsp3) is 0. The molecule has 6 heteroatoms. The number of aromatic hydroxyl groups is 1. The summed E-state index contributed by atoms with van der Waals surface area (Å²) < 4.78 is 19.1. The summed E-state index contributed by atoms with van der Waals surface area (Å²) in [5.74, 6) is 0.371. The predicted octanol–water partition coefficient (Wildman–Crippen LogP) is 4.01. The zero-order chi connectivity index (χ0) is 14.1. The van der Waals surface area contributed by atoms with Crippen molar-refractivity contribution in [2.45, 2.75) is 0 Å². The molecule has 0 spiro atoms. The van der Waals surface area contributed by atoms with Gasteiger partial charge in [0.15, 0.2) is 0 Å². The van der Waals surface area contributed by atoms with Crippen LogP contribution in [-0.4, -0.2) is 15.2 Å². The van der Waals surface area contributed by atoms with Crippen molar-refractivity contribution in [1.82, 2.24) is 10.1 Å². The molecule has 3 rings (SSSR count). The highest BCUT2D eigenvalue weighted by Gasteiger charge is 2.13. The minimum atomic E-state index is -0.376. The van der Waals surface area contributed by atoms with Crippen molar-refractivity contribution in [1.29, 1.82) is 0 Å². The molecule has 0 radical (unpaired) electrons. The summed E-state index contributed by atoms with van der Waals surface area (Å²) in [5, 5.41) is 13.1. The van der Waals surface area contributed by atoms with Crippen LogP contribution in [0.3, 0.4) is 0 Å². The Bertz CT molecular complexity index is 756. The van der Waals surface area contributed by atoms with Gasteiger partial charge in [0.1, 0.15) is 11.6 Å². The third kappa shape index (κ3) is 2.42. The lowest BCUT2D eigenvalue weighted by Gasteiger charge is -1.98. The summed E-state index contributed by atoms with van der Waals surface area (Å²) in [6, 6.07) is 10.6. The zero-order valence-electron chi connectivity index (χ0n) is 10.0. The lowest BCUT2D eigenvalue weighted by atomic mass is 10.2. The average Bonchev–Trinajstić information content (AvgIpc) is 2.92. The fourth-order valence-electron chi connectivity index (χ4n) is 1.72. The molecule has 0 atom stereocenters. The molecule has 0 bridgehead atoms. The Hall–Kier alpha value is -2.21. The van der Waals surface area contributed by atoms with Crippen LogP contribution in [0.5, 0.6) is 5.75 Å². The first-order valence-corrected chi connectivity index (χ1v) is 6.51. The number of nitrogens with zero attached hydrogens (tertiary/aromatic N) is 2. The quantitative estimate of drug-likeness (QED) is 0.769. The largest absolute Gasteiger partial charge is 0.508 e. The Labute approximate surface area is 122 Å². The van der Waals surface area contributed by atoms with E-state index in [0.29, 0.717) is 27.3 Å². The van der Waals surface area contributed by atoms with Crippen molar-refractivity contribution in [2.24, 2.45) is 0 Å². The SMILES string of the molecule is Oc1ccc(-c2nc(-c3cc(F)ccc3Br)no2)cc1. The van der Waals surface area contributed by atoms with Gasteiger partial charge in [-0.25, -0.2) is 4.39 Å². The Kier molecular flexibility index (Phi) is 3.23. The number of benzene rings is 2. The fourth-order valence-corrected chi connectivity index (χ4v) is 2.15. The van der Waals surface area contributed by atoms with Crippen LogP contribution in [0.1, 0.15) is 0 Å². The summed E-state index contributed by atoms with van der Waals surface area (Å²) in [4.78, 5) is 4.23. The molecule has 1 heterocycles. The Balaban J connectivity index is 2.01. The molecular weight excluding hydrogens is 327 g/mol. The second-order valence-electron chi connectivity index (χ2n) is 4.09. The van der Waals surface area contributed by atoms with Crippen LogP contribution >= 0.6 is 15.9 Å². The van der Waals surface area contributed by atoms with Crippen molar-refractivity contribution in [2.75, 3.05) is 0 Å². The maximum atomic E-state index is 13.3. The van der Waals surface area contributed by atoms with Gasteiger partial charge in [0.05, 0.1) is 0 Å². The number of hydrogen-bond donors (Lipinski definition) is 1. The van der Waals surface area contributed by atoms with Gasteiger partial charge < -0.3 is 9.63 Å². The first-order chi connectivity index (χ1) is 9.63. The van der Waals surface area contributed by atoms with Gasteiger partial charge >= 0.3 is 0 Å². The number of aromatic nitrogens is 2. The van der Waals surface area contributed by atoms with E-state index in [1.807, 2.05) is 0 Å². The first-order valence-electron chi connectivity index (χ1n) is 5.72. The van der Waals surface area contributed by atoms with Gasteiger partial charge in [-0.1, -0.05) is 21.1 Å². The third-order valence-electron chi connectivity index (χ3n) is 2.71. The van der Waals surface area contributed by atoms with Crippen LogP contribution in [0.2, 0.25) is 0 Å². The first kappa shape index (κ1) is 12.8. The van der Waals surface area contributed by atoms with E-state index in [1.54, 1.807) is 18.2 Å². The molecule has 0 amide bonds. The van der Waals surface area contributed by atoms with Gasteiger partial charge in [-0.05, 0) is 42.5 Å². The van der Waals surface area contributed by atoms with Crippen molar-refractivity contribution in [3.8, 4) is 28.6 Å². The van der Waals surface area contributed by atoms with Gasteiger partial charge in [-0.2, -0.15) is 4.98 Å². The lowest BCUT2D eigenvalue weighted by molar-refractivity contribution is 0.432. The maximum Gasteiger partial charge on any atom is 0.258 e. The van der Waals surface area contributed by atoms with Crippen molar-refractivity contribution in [3.05, 3.63) is 52.8 Å². The predicted molar refractivity (Wildman–Crippen MR) is 74.5 cm³/mol. The molecular formula is C14H8BrFN2O2. The maximum absolute atomic E-state index is 13.3. The van der Waals surface area contributed by atoms with E-state index in [-0.39, 0.29) is 11.6 Å². The van der Waals surface area contributed by atoms with Gasteiger partial charge in [0.25, 0.3) is 5.89 Å². The molecule has 0 saturated heterocycles.